The summed E-state index contributed by atoms with van der Waals surface area (Å²) in [6, 6.07) is 26.8. The first-order valence-electron chi connectivity index (χ1n) is 9.31. The van der Waals surface area contributed by atoms with Crippen LogP contribution in [0.5, 0.6) is 0 Å². The van der Waals surface area contributed by atoms with E-state index in [4.69, 9.17) is 0 Å². The Hall–Kier alpha value is -2.52. The number of aryl methyl sites for hydroxylation is 2. The van der Waals surface area contributed by atoms with Gasteiger partial charge < -0.3 is 5.32 Å². The van der Waals surface area contributed by atoms with E-state index < -0.39 is 0 Å². The highest BCUT2D eigenvalue weighted by molar-refractivity contribution is 7.98. The Labute approximate surface area is 166 Å². The summed E-state index contributed by atoms with van der Waals surface area (Å²) in [4.78, 5) is 13.5. The molecule has 0 aliphatic rings. The van der Waals surface area contributed by atoms with Gasteiger partial charge in [0.2, 0.25) is 0 Å². The minimum atomic E-state index is 0.000740. The summed E-state index contributed by atoms with van der Waals surface area (Å²) < 4.78 is 0. The van der Waals surface area contributed by atoms with Gasteiger partial charge in [0.15, 0.2) is 0 Å². The second-order valence-electron chi connectivity index (χ2n) is 6.64. The number of carbonyl (C=O) groups is 1. The molecule has 0 spiro atoms. The van der Waals surface area contributed by atoms with Crippen LogP contribution in [0, 0.1) is 6.92 Å². The average Bonchev–Trinajstić information content (AvgIpc) is 2.72. The Bertz CT molecular complexity index is 842. The van der Waals surface area contributed by atoms with Crippen LogP contribution in [-0.4, -0.2) is 12.5 Å². The summed E-state index contributed by atoms with van der Waals surface area (Å²) >= 11 is 1.81. The highest BCUT2D eigenvalue weighted by Gasteiger charge is 2.05. The first-order valence-corrected chi connectivity index (χ1v) is 10.3. The molecule has 0 unspecified atom stereocenters. The molecular formula is C24H25NOS. The Morgan fingerprint density at radius 2 is 1.56 bits per heavy atom. The number of benzene rings is 3. The zero-order valence-electron chi connectivity index (χ0n) is 15.7. The smallest absolute Gasteiger partial charge is 0.251 e. The number of nitrogens with one attached hydrogen (secondary N) is 1. The van der Waals surface area contributed by atoms with Crippen molar-refractivity contribution in [1.29, 1.82) is 0 Å². The molecule has 1 amide bonds. The van der Waals surface area contributed by atoms with Gasteiger partial charge in [-0.2, -0.15) is 0 Å². The van der Waals surface area contributed by atoms with Crippen molar-refractivity contribution in [1.82, 2.24) is 5.32 Å². The van der Waals surface area contributed by atoms with Crippen molar-refractivity contribution in [3.63, 3.8) is 0 Å². The molecule has 3 aromatic carbocycles. The van der Waals surface area contributed by atoms with Crippen molar-refractivity contribution in [3.8, 4) is 0 Å². The third kappa shape index (κ3) is 6.30. The third-order valence-electron chi connectivity index (χ3n) is 4.41. The van der Waals surface area contributed by atoms with Gasteiger partial charge in [-0.25, -0.2) is 0 Å². The number of rotatable bonds is 8. The molecule has 0 fully saturated rings. The number of amides is 1. The summed E-state index contributed by atoms with van der Waals surface area (Å²) in [5, 5.41) is 3.01. The molecule has 0 heterocycles. The molecule has 0 radical (unpaired) electrons. The van der Waals surface area contributed by atoms with Crippen molar-refractivity contribution >= 4 is 17.7 Å². The average molecular weight is 376 g/mol. The maximum Gasteiger partial charge on any atom is 0.251 e. The normalized spacial score (nSPS) is 10.6. The number of hydrogen-bond donors (Lipinski definition) is 1. The minimum Gasteiger partial charge on any atom is -0.352 e. The van der Waals surface area contributed by atoms with E-state index in [2.05, 4.69) is 48.6 Å². The predicted molar refractivity (Wildman–Crippen MR) is 114 cm³/mol. The molecule has 138 valence electrons. The van der Waals surface area contributed by atoms with Gasteiger partial charge in [-0.3, -0.25) is 4.79 Å². The van der Waals surface area contributed by atoms with Gasteiger partial charge in [0.05, 0.1) is 0 Å². The fourth-order valence-electron chi connectivity index (χ4n) is 2.79. The van der Waals surface area contributed by atoms with Crippen LogP contribution in [0.4, 0.5) is 0 Å². The van der Waals surface area contributed by atoms with Gasteiger partial charge in [0, 0.05) is 22.8 Å². The van der Waals surface area contributed by atoms with Gasteiger partial charge in [0.25, 0.3) is 5.91 Å². The summed E-state index contributed by atoms with van der Waals surface area (Å²) in [5.74, 6) is 0.906. The molecule has 0 aliphatic heterocycles. The molecular weight excluding hydrogens is 350 g/mol. The van der Waals surface area contributed by atoms with E-state index in [1.807, 2.05) is 54.2 Å². The Morgan fingerprint density at radius 3 is 2.26 bits per heavy atom. The zero-order valence-corrected chi connectivity index (χ0v) is 16.5. The van der Waals surface area contributed by atoms with Crippen molar-refractivity contribution in [2.75, 3.05) is 6.54 Å². The van der Waals surface area contributed by atoms with E-state index in [0.717, 1.165) is 24.2 Å². The lowest BCUT2D eigenvalue weighted by Crippen LogP contribution is -2.24. The van der Waals surface area contributed by atoms with Crippen LogP contribution < -0.4 is 5.32 Å². The van der Waals surface area contributed by atoms with Gasteiger partial charge in [-0.05, 0) is 55.2 Å². The molecule has 27 heavy (non-hydrogen) atoms. The van der Waals surface area contributed by atoms with Crippen LogP contribution >= 0.6 is 11.8 Å². The summed E-state index contributed by atoms with van der Waals surface area (Å²) in [6.45, 7) is 2.79. The molecule has 3 rings (SSSR count). The molecule has 0 saturated heterocycles. The van der Waals surface area contributed by atoms with Crippen molar-refractivity contribution < 1.29 is 4.79 Å². The van der Waals surface area contributed by atoms with Crippen LogP contribution in [0.25, 0.3) is 0 Å². The number of hydrogen-bond acceptors (Lipinski definition) is 2. The zero-order chi connectivity index (χ0) is 18.9. The van der Waals surface area contributed by atoms with Crippen molar-refractivity contribution in [2.45, 2.75) is 30.4 Å². The fraction of sp³-hybridized carbons (Fsp3) is 0.208. The second-order valence-corrected chi connectivity index (χ2v) is 7.69. The molecule has 1 N–H and O–H groups in total. The number of carbonyl (C=O) groups excluding carboxylic acids is 1. The van der Waals surface area contributed by atoms with Gasteiger partial charge >= 0.3 is 0 Å². The highest BCUT2D eigenvalue weighted by atomic mass is 32.2. The van der Waals surface area contributed by atoms with Crippen molar-refractivity contribution in [2.24, 2.45) is 0 Å². The first kappa shape index (κ1) is 19.2. The largest absolute Gasteiger partial charge is 0.352 e. The maximum atomic E-state index is 12.3. The highest BCUT2D eigenvalue weighted by Crippen LogP contribution is 2.23. The monoisotopic (exact) mass is 375 g/mol. The standard InChI is InChI=1S/C24H25NOS/c1-19-9-15-23(16-10-19)27-18-21-11-13-22(14-12-21)24(26)25-17-5-8-20-6-3-2-4-7-20/h2-4,6-7,9-16H,5,8,17-18H2,1H3,(H,25,26). The van der Waals surface area contributed by atoms with Gasteiger partial charge in [0.1, 0.15) is 0 Å². The lowest BCUT2D eigenvalue weighted by atomic mass is 10.1. The minimum absolute atomic E-state index is 0.000740. The summed E-state index contributed by atoms with van der Waals surface area (Å²) in [7, 11) is 0. The predicted octanol–water partition coefficient (Wildman–Crippen LogP) is 5.65. The molecule has 0 aliphatic carbocycles. The SMILES string of the molecule is Cc1ccc(SCc2ccc(C(=O)NCCCc3ccccc3)cc2)cc1. The Kier molecular flexibility index (Phi) is 7.11. The van der Waals surface area contributed by atoms with E-state index in [9.17, 15) is 4.79 Å². The second kappa shape index (κ2) is 9.98. The Balaban J connectivity index is 1.42. The summed E-state index contributed by atoms with van der Waals surface area (Å²) in [5.41, 5.74) is 4.53. The van der Waals surface area contributed by atoms with Crippen LogP contribution in [-0.2, 0) is 12.2 Å². The third-order valence-corrected chi connectivity index (χ3v) is 5.50. The molecule has 0 atom stereocenters. The first-order chi connectivity index (χ1) is 13.2. The van der Waals surface area contributed by atoms with Crippen LogP contribution in [0.15, 0.2) is 83.8 Å². The molecule has 0 aromatic heterocycles. The topological polar surface area (TPSA) is 29.1 Å². The van der Waals surface area contributed by atoms with E-state index in [0.29, 0.717) is 6.54 Å². The fourth-order valence-corrected chi connectivity index (χ4v) is 3.65. The van der Waals surface area contributed by atoms with Crippen LogP contribution in [0.1, 0.15) is 33.5 Å². The molecule has 3 heteroatoms. The van der Waals surface area contributed by atoms with Crippen molar-refractivity contribution in [3.05, 3.63) is 101 Å². The quantitative estimate of drug-likeness (QED) is 0.407. The van der Waals surface area contributed by atoms with Crippen LogP contribution in [0.2, 0.25) is 0 Å². The van der Waals surface area contributed by atoms with Gasteiger partial charge in [-0.1, -0.05) is 60.2 Å². The van der Waals surface area contributed by atoms with E-state index >= 15 is 0 Å². The maximum absolute atomic E-state index is 12.3. The van der Waals surface area contributed by atoms with Crippen LogP contribution in [0.3, 0.4) is 0 Å². The number of thioether (sulfide) groups is 1. The van der Waals surface area contributed by atoms with E-state index in [1.165, 1.54) is 21.6 Å². The summed E-state index contributed by atoms with van der Waals surface area (Å²) in [6.07, 6.45) is 1.93. The molecule has 0 saturated carbocycles. The van der Waals surface area contributed by atoms with E-state index in [1.54, 1.807) is 0 Å². The molecule has 0 bridgehead atoms. The van der Waals surface area contributed by atoms with E-state index in [-0.39, 0.29) is 5.91 Å². The lowest BCUT2D eigenvalue weighted by molar-refractivity contribution is 0.0953. The molecule has 2 nitrogen and oxygen atoms in total. The molecule has 3 aromatic rings. The van der Waals surface area contributed by atoms with Gasteiger partial charge in [-0.15, -0.1) is 11.8 Å². The lowest BCUT2D eigenvalue weighted by Gasteiger charge is -2.07. The Morgan fingerprint density at radius 1 is 0.852 bits per heavy atom.